The molecule has 0 saturated carbocycles. The number of rotatable bonds is 12. The topological polar surface area (TPSA) is 109 Å². The van der Waals surface area contributed by atoms with Gasteiger partial charge >= 0.3 is 0 Å². The van der Waals surface area contributed by atoms with Gasteiger partial charge in [0.2, 0.25) is 15.9 Å². The number of benzene rings is 3. The second-order valence-corrected chi connectivity index (χ2v) is 12.5. The number of para-hydroxylation sites is 1. The summed E-state index contributed by atoms with van der Waals surface area (Å²) < 4.78 is 29.9. The van der Waals surface area contributed by atoms with Crippen LogP contribution in [0.5, 0.6) is 0 Å². The lowest BCUT2D eigenvalue weighted by atomic mass is 10.3. The molecule has 0 atom stereocenters. The van der Waals surface area contributed by atoms with E-state index in [1.54, 1.807) is 26.0 Å². The van der Waals surface area contributed by atoms with E-state index in [1.165, 1.54) is 28.2 Å². The summed E-state index contributed by atoms with van der Waals surface area (Å²) in [5, 5.41) is 15.5. The minimum atomic E-state index is -3.55. The number of hydrogen-bond acceptors (Lipinski definition) is 7. The molecule has 9 nitrogen and oxygen atoms in total. The Balaban J connectivity index is 1.43. The maximum absolute atomic E-state index is 12.7. The van der Waals surface area contributed by atoms with Crippen molar-refractivity contribution in [2.75, 3.05) is 29.5 Å². The monoisotopic (exact) mass is 676 g/mol. The molecule has 39 heavy (non-hydrogen) atoms. The van der Waals surface area contributed by atoms with Crippen molar-refractivity contribution in [3.05, 3.63) is 88.3 Å². The first-order chi connectivity index (χ1) is 18.8. The molecule has 2 N–H and O–H groups in total. The fraction of sp³-hybridized carbons (Fsp3) is 0.222. The summed E-state index contributed by atoms with van der Waals surface area (Å²) in [4.78, 5) is 12.9. The van der Waals surface area contributed by atoms with Gasteiger partial charge in [0.1, 0.15) is 0 Å². The Kier molecular flexibility index (Phi) is 9.99. The minimum Gasteiger partial charge on any atom is -0.378 e. The fourth-order valence-electron chi connectivity index (χ4n) is 3.84. The van der Waals surface area contributed by atoms with Crippen molar-refractivity contribution in [1.82, 2.24) is 19.1 Å². The van der Waals surface area contributed by atoms with Crippen molar-refractivity contribution in [2.24, 2.45) is 0 Å². The highest BCUT2D eigenvalue weighted by molar-refractivity contribution is 14.1. The Morgan fingerprint density at radius 3 is 2.21 bits per heavy atom. The first kappa shape index (κ1) is 29.1. The van der Waals surface area contributed by atoms with Crippen LogP contribution in [0.1, 0.15) is 19.7 Å². The lowest BCUT2D eigenvalue weighted by Crippen LogP contribution is -2.30. The van der Waals surface area contributed by atoms with Gasteiger partial charge in [0.15, 0.2) is 11.0 Å². The van der Waals surface area contributed by atoms with E-state index in [0.717, 1.165) is 14.9 Å². The molecule has 204 valence electrons. The molecule has 0 fully saturated rings. The van der Waals surface area contributed by atoms with E-state index in [-0.39, 0.29) is 16.6 Å². The van der Waals surface area contributed by atoms with Crippen molar-refractivity contribution in [3.8, 4) is 5.69 Å². The number of nitrogens with zero attached hydrogens (tertiary/aromatic N) is 4. The molecule has 1 amide bonds. The third-order valence-corrected chi connectivity index (χ3v) is 9.54. The van der Waals surface area contributed by atoms with Gasteiger partial charge in [0.05, 0.1) is 17.2 Å². The smallest absolute Gasteiger partial charge is 0.243 e. The molecule has 1 heterocycles. The average molecular weight is 677 g/mol. The van der Waals surface area contributed by atoms with Gasteiger partial charge in [-0.05, 0) is 83.3 Å². The van der Waals surface area contributed by atoms with E-state index in [2.05, 4.69) is 43.4 Å². The molecular weight excluding hydrogens is 647 g/mol. The Hall–Kier alpha value is -2.94. The molecule has 0 aliphatic carbocycles. The first-order valence-corrected chi connectivity index (χ1v) is 15.8. The molecule has 4 rings (SSSR count). The SMILES string of the molecule is CCN(CC)S(=O)(=O)c1ccc(NC(=O)CSc2nnc(CNc3ccc(I)cc3)n2-c2ccccc2)cc1. The van der Waals surface area contributed by atoms with Gasteiger partial charge in [0.25, 0.3) is 0 Å². The lowest BCUT2D eigenvalue weighted by Gasteiger charge is -2.18. The molecule has 0 aliphatic heterocycles. The third-order valence-electron chi connectivity index (χ3n) is 5.82. The zero-order valence-electron chi connectivity index (χ0n) is 21.5. The number of aromatic nitrogens is 3. The van der Waals surface area contributed by atoms with E-state index in [0.29, 0.717) is 36.3 Å². The van der Waals surface area contributed by atoms with Gasteiger partial charge in [-0.25, -0.2) is 8.42 Å². The van der Waals surface area contributed by atoms with Gasteiger partial charge in [-0.15, -0.1) is 10.2 Å². The molecule has 3 aromatic carbocycles. The summed E-state index contributed by atoms with van der Waals surface area (Å²) >= 11 is 3.54. The molecule has 0 saturated heterocycles. The zero-order valence-corrected chi connectivity index (χ0v) is 25.3. The summed E-state index contributed by atoms with van der Waals surface area (Å²) in [5.41, 5.74) is 2.39. The highest BCUT2D eigenvalue weighted by Crippen LogP contribution is 2.24. The maximum Gasteiger partial charge on any atom is 0.243 e. The molecule has 1 aromatic heterocycles. The largest absolute Gasteiger partial charge is 0.378 e. The number of thioether (sulfide) groups is 1. The van der Waals surface area contributed by atoms with Crippen LogP contribution in [0, 0.1) is 3.57 Å². The summed E-state index contributed by atoms with van der Waals surface area (Å²) in [6, 6.07) is 24.1. The first-order valence-electron chi connectivity index (χ1n) is 12.3. The quantitative estimate of drug-likeness (QED) is 0.156. The molecule has 12 heteroatoms. The maximum atomic E-state index is 12.7. The zero-order chi connectivity index (χ0) is 27.8. The molecule has 4 aromatic rings. The van der Waals surface area contributed by atoms with E-state index in [1.807, 2.05) is 59.2 Å². The van der Waals surface area contributed by atoms with Crippen molar-refractivity contribution >= 4 is 61.7 Å². The van der Waals surface area contributed by atoms with Crippen LogP contribution in [-0.4, -0.2) is 52.2 Å². The normalized spacial score (nSPS) is 11.5. The lowest BCUT2D eigenvalue weighted by molar-refractivity contribution is -0.113. The Morgan fingerprint density at radius 2 is 1.56 bits per heavy atom. The van der Waals surface area contributed by atoms with Gasteiger partial charge in [0, 0.05) is 33.7 Å². The number of carbonyl (C=O) groups is 1. The molecule has 0 spiro atoms. The summed E-state index contributed by atoms with van der Waals surface area (Å²) in [6.07, 6.45) is 0. The van der Waals surface area contributed by atoms with Crippen molar-refractivity contribution in [1.29, 1.82) is 0 Å². The van der Waals surface area contributed by atoms with Gasteiger partial charge in [-0.3, -0.25) is 9.36 Å². The summed E-state index contributed by atoms with van der Waals surface area (Å²) in [5.74, 6) is 0.586. The van der Waals surface area contributed by atoms with E-state index < -0.39 is 10.0 Å². The molecule has 0 radical (unpaired) electrons. The minimum absolute atomic E-state index is 0.106. The molecule has 0 aliphatic rings. The Morgan fingerprint density at radius 1 is 0.923 bits per heavy atom. The van der Waals surface area contributed by atoms with Crippen molar-refractivity contribution < 1.29 is 13.2 Å². The summed E-state index contributed by atoms with van der Waals surface area (Å²) in [7, 11) is -3.55. The van der Waals surface area contributed by atoms with Crippen molar-refractivity contribution in [2.45, 2.75) is 30.4 Å². The number of anilines is 2. The van der Waals surface area contributed by atoms with Gasteiger partial charge in [-0.1, -0.05) is 43.8 Å². The van der Waals surface area contributed by atoms with E-state index in [4.69, 9.17) is 0 Å². The van der Waals surface area contributed by atoms with Crippen LogP contribution in [0.3, 0.4) is 0 Å². The van der Waals surface area contributed by atoms with Gasteiger partial charge in [-0.2, -0.15) is 4.31 Å². The molecule has 0 unspecified atom stereocenters. The number of amides is 1. The Bertz CT molecular complexity index is 1490. The fourth-order valence-corrected chi connectivity index (χ4v) is 6.43. The summed E-state index contributed by atoms with van der Waals surface area (Å²) in [6.45, 7) is 4.85. The van der Waals surface area contributed by atoms with Crippen LogP contribution < -0.4 is 10.6 Å². The molecular formula is C27H29IN6O3S2. The average Bonchev–Trinajstić information content (AvgIpc) is 3.35. The number of hydrogen-bond donors (Lipinski definition) is 2. The van der Waals surface area contributed by atoms with E-state index in [9.17, 15) is 13.2 Å². The second kappa shape index (κ2) is 13.4. The van der Waals surface area contributed by atoms with Gasteiger partial charge < -0.3 is 10.6 Å². The van der Waals surface area contributed by atoms with Crippen LogP contribution in [0.25, 0.3) is 5.69 Å². The van der Waals surface area contributed by atoms with Crippen LogP contribution in [0.4, 0.5) is 11.4 Å². The predicted molar refractivity (Wildman–Crippen MR) is 164 cm³/mol. The van der Waals surface area contributed by atoms with Crippen LogP contribution >= 0.6 is 34.4 Å². The van der Waals surface area contributed by atoms with Crippen LogP contribution in [0.2, 0.25) is 0 Å². The standard InChI is InChI=1S/C27H29IN6O3S2/c1-3-33(4-2)39(36,37)24-16-14-22(15-17-24)30-26(35)19-38-27-32-31-25(34(27)23-8-6-5-7-9-23)18-29-21-12-10-20(28)11-13-21/h5-17,29H,3-4,18-19H2,1-2H3,(H,30,35). The number of sulfonamides is 1. The Labute approximate surface area is 246 Å². The van der Waals surface area contributed by atoms with Crippen molar-refractivity contribution in [3.63, 3.8) is 0 Å². The predicted octanol–water partition coefficient (Wildman–Crippen LogP) is 5.25. The number of nitrogens with one attached hydrogen (secondary N) is 2. The molecule has 0 bridgehead atoms. The van der Waals surface area contributed by atoms with Crippen LogP contribution in [-0.2, 0) is 21.4 Å². The highest BCUT2D eigenvalue weighted by atomic mass is 127. The third kappa shape index (κ3) is 7.38. The highest BCUT2D eigenvalue weighted by Gasteiger charge is 2.21. The van der Waals surface area contributed by atoms with E-state index >= 15 is 0 Å². The number of carbonyl (C=O) groups excluding carboxylic acids is 1. The van der Waals surface area contributed by atoms with Crippen LogP contribution in [0.15, 0.2) is 88.9 Å². The second-order valence-electron chi connectivity index (χ2n) is 8.38. The number of halogens is 1.